The predicted molar refractivity (Wildman–Crippen MR) is 97.9 cm³/mol. The lowest BCUT2D eigenvalue weighted by molar-refractivity contribution is -0.119. The molecule has 0 radical (unpaired) electrons. The number of imide groups is 1. The van der Waals surface area contributed by atoms with Crippen molar-refractivity contribution in [2.75, 3.05) is 4.90 Å². The summed E-state index contributed by atoms with van der Waals surface area (Å²) in [6.45, 7) is 1.75. The van der Waals surface area contributed by atoms with Crippen LogP contribution in [0.25, 0.3) is 5.57 Å². The summed E-state index contributed by atoms with van der Waals surface area (Å²) in [6, 6.07) is 9.50. The van der Waals surface area contributed by atoms with Crippen LogP contribution in [0.15, 0.2) is 41.4 Å². The molecule has 122 valence electrons. The van der Waals surface area contributed by atoms with Crippen LogP contribution in [0.3, 0.4) is 0 Å². The first-order valence-corrected chi connectivity index (χ1v) is 8.32. The van der Waals surface area contributed by atoms with Crippen LogP contribution < -0.4 is 4.90 Å². The Labute approximate surface area is 158 Å². The summed E-state index contributed by atoms with van der Waals surface area (Å²) in [6.07, 6.45) is 0. The van der Waals surface area contributed by atoms with Gasteiger partial charge in [-0.3, -0.25) is 9.59 Å². The molecule has 0 N–H and O–H groups in total. The molecule has 0 saturated carbocycles. The Hall–Kier alpha value is -1.52. The Morgan fingerprint density at radius 1 is 0.833 bits per heavy atom. The van der Waals surface area contributed by atoms with Crippen LogP contribution in [0.4, 0.5) is 5.69 Å². The predicted octanol–water partition coefficient (Wildman–Crippen LogP) is 5.48. The molecule has 2 amide bonds. The lowest BCUT2D eigenvalue weighted by atomic mass is 10.1. The van der Waals surface area contributed by atoms with Gasteiger partial charge in [-0.15, -0.1) is 0 Å². The van der Waals surface area contributed by atoms with E-state index in [1.54, 1.807) is 37.3 Å². The maximum absolute atomic E-state index is 12.8. The molecule has 1 aliphatic heterocycles. The van der Waals surface area contributed by atoms with Crippen molar-refractivity contribution >= 4 is 69.5 Å². The highest BCUT2D eigenvalue weighted by Gasteiger charge is 2.40. The molecule has 1 heterocycles. The Bertz CT molecular complexity index is 921. The largest absolute Gasteiger partial charge is 0.277 e. The highest BCUT2D eigenvalue weighted by atomic mass is 35.5. The third kappa shape index (κ3) is 2.82. The van der Waals surface area contributed by atoms with Gasteiger partial charge in [0.1, 0.15) is 5.03 Å². The van der Waals surface area contributed by atoms with E-state index in [1.165, 1.54) is 6.07 Å². The molecule has 2 aromatic rings. The zero-order valence-electron chi connectivity index (χ0n) is 12.2. The second-order valence-corrected chi connectivity index (χ2v) is 6.85. The maximum Gasteiger partial charge on any atom is 0.277 e. The number of benzene rings is 2. The molecule has 0 aromatic heterocycles. The van der Waals surface area contributed by atoms with E-state index in [0.29, 0.717) is 26.9 Å². The summed E-state index contributed by atoms with van der Waals surface area (Å²) in [5.74, 6) is -1.15. The molecule has 0 fully saturated rings. The zero-order valence-corrected chi connectivity index (χ0v) is 15.3. The number of anilines is 1. The molecule has 3 rings (SSSR count). The van der Waals surface area contributed by atoms with Gasteiger partial charge >= 0.3 is 0 Å². The zero-order chi connectivity index (χ0) is 17.6. The summed E-state index contributed by atoms with van der Waals surface area (Å²) in [5, 5.41) is 0.989. The summed E-state index contributed by atoms with van der Waals surface area (Å²) in [5.41, 5.74) is 1.51. The normalized spacial score (nSPS) is 14.8. The smallest absolute Gasteiger partial charge is 0.268 e. The van der Waals surface area contributed by atoms with Gasteiger partial charge in [-0.2, -0.15) is 0 Å². The minimum absolute atomic E-state index is 0.0534. The van der Waals surface area contributed by atoms with Crippen LogP contribution in [0.1, 0.15) is 11.1 Å². The fourth-order valence-corrected chi connectivity index (χ4v) is 3.51. The minimum Gasteiger partial charge on any atom is -0.268 e. The van der Waals surface area contributed by atoms with E-state index in [-0.39, 0.29) is 15.6 Å². The van der Waals surface area contributed by atoms with Crippen molar-refractivity contribution in [3.05, 3.63) is 67.6 Å². The van der Waals surface area contributed by atoms with Crippen molar-refractivity contribution in [1.29, 1.82) is 0 Å². The second kappa shape index (κ2) is 6.41. The molecule has 7 heteroatoms. The Morgan fingerprint density at radius 3 is 2.08 bits per heavy atom. The third-order valence-corrected chi connectivity index (χ3v) is 4.76. The van der Waals surface area contributed by atoms with Crippen molar-refractivity contribution in [1.82, 2.24) is 0 Å². The molecule has 3 nitrogen and oxygen atoms in total. The monoisotopic (exact) mass is 399 g/mol. The van der Waals surface area contributed by atoms with Crippen LogP contribution in [0.5, 0.6) is 0 Å². The van der Waals surface area contributed by atoms with Gasteiger partial charge in [0.25, 0.3) is 11.8 Å². The molecule has 2 aromatic carbocycles. The molecular formula is C17H9Cl4NO2. The van der Waals surface area contributed by atoms with Crippen molar-refractivity contribution in [2.24, 2.45) is 0 Å². The average molecular weight is 401 g/mol. The second-order valence-electron chi connectivity index (χ2n) is 5.19. The number of hydrogen-bond acceptors (Lipinski definition) is 2. The molecule has 0 bridgehead atoms. The summed E-state index contributed by atoms with van der Waals surface area (Å²) in [4.78, 5) is 26.4. The fourth-order valence-electron chi connectivity index (χ4n) is 2.52. The number of nitrogens with zero attached hydrogens (tertiary/aromatic N) is 1. The van der Waals surface area contributed by atoms with Gasteiger partial charge in [-0.25, -0.2) is 4.90 Å². The average Bonchev–Trinajstić information content (AvgIpc) is 2.71. The van der Waals surface area contributed by atoms with Gasteiger partial charge in [-0.1, -0.05) is 52.5 Å². The van der Waals surface area contributed by atoms with E-state index >= 15 is 0 Å². The van der Waals surface area contributed by atoms with Crippen molar-refractivity contribution < 1.29 is 9.59 Å². The van der Waals surface area contributed by atoms with E-state index in [9.17, 15) is 9.59 Å². The lowest BCUT2D eigenvalue weighted by Gasteiger charge is -2.17. The number of aryl methyl sites for hydroxylation is 1. The standard InChI is InChI=1S/C17H9Cl4NO2/c1-8-6-9(18)3-5-13(8)22-16(23)14(15(21)17(22)24)11-4-2-10(19)7-12(11)20/h2-7H,1H3. The van der Waals surface area contributed by atoms with Gasteiger partial charge in [0, 0.05) is 15.6 Å². The van der Waals surface area contributed by atoms with E-state index in [2.05, 4.69) is 0 Å². The van der Waals surface area contributed by atoms with Crippen LogP contribution in [0, 0.1) is 6.92 Å². The van der Waals surface area contributed by atoms with Crippen molar-refractivity contribution in [3.63, 3.8) is 0 Å². The van der Waals surface area contributed by atoms with Crippen LogP contribution in [0.2, 0.25) is 15.1 Å². The van der Waals surface area contributed by atoms with Gasteiger partial charge in [0.2, 0.25) is 0 Å². The molecule has 0 aliphatic carbocycles. The first-order valence-electron chi connectivity index (χ1n) is 6.81. The van der Waals surface area contributed by atoms with Gasteiger partial charge in [0.15, 0.2) is 0 Å². The maximum atomic E-state index is 12.8. The van der Waals surface area contributed by atoms with Crippen LogP contribution in [-0.4, -0.2) is 11.8 Å². The Kier molecular flexibility index (Phi) is 4.63. The molecule has 1 aliphatic rings. The SMILES string of the molecule is Cc1cc(Cl)ccc1N1C(=O)C(Cl)=C(c2ccc(Cl)cc2Cl)C1=O. The van der Waals surface area contributed by atoms with Gasteiger partial charge in [-0.05, 0) is 42.8 Å². The first-order chi connectivity index (χ1) is 11.3. The quantitative estimate of drug-likeness (QED) is 0.626. The van der Waals surface area contributed by atoms with Crippen molar-refractivity contribution in [3.8, 4) is 0 Å². The summed E-state index contributed by atoms with van der Waals surface area (Å²) in [7, 11) is 0. The fraction of sp³-hybridized carbons (Fsp3) is 0.0588. The molecular weight excluding hydrogens is 392 g/mol. The molecule has 24 heavy (non-hydrogen) atoms. The molecule has 0 atom stereocenters. The number of rotatable bonds is 2. The number of carbonyl (C=O) groups is 2. The number of carbonyl (C=O) groups excluding carboxylic acids is 2. The number of amides is 2. The molecule has 0 unspecified atom stereocenters. The van der Waals surface area contributed by atoms with Crippen LogP contribution in [-0.2, 0) is 9.59 Å². The van der Waals surface area contributed by atoms with E-state index in [0.717, 1.165) is 4.90 Å². The Morgan fingerprint density at radius 2 is 1.46 bits per heavy atom. The highest BCUT2D eigenvalue weighted by molar-refractivity contribution is 6.61. The molecule has 0 spiro atoms. The summed E-state index contributed by atoms with van der Waals surface area (Å²) < 4.78 is 0. The van der Waals surface area contributed by atoms with Crippen molar-refractivity contribution in [2.45, 2.75) is 6.92 Å². The number of hydrogen-bond donors (Lipinski definition) is 0. The Balaban J connectivity index is 2.11. The van der Waals surface area contributed by atoms with Crippen LogP contribution >= 0.6 is 46.4 Å². The first kappa shape index (κ1) is 17.3. The number of halogens is 4. The minimum atomic E-state index is -0.604. The van der Waals surface area contributed by atoms with Gasteiger partial charge in [0.05, 0.1) is 16.3 Å². The van der Waals surface area contributed by atoms with E-state index < -0.39 is 11.8 Å². The summed E-state index contributed by atoms with van der Waals surface area (Å²) >= 11 is 24.1. The topological polar surface area (TPSA) is 37.4 Å². The highest BCUT2D eigenvalue weighted by Crippen LogP contribution is 2.39. The van der Waals surface area contributed by atoms with E-state index in [4.69, 9.17) is 46.4 Å². The lowest BCUT2D eigenvalue weighted by Crippen LogP contribution is -2.31. The van der Waals surface area contributed by atoms with E-state index in [1.807, 2.05) is 0 Å². The van der Waals surface area contributed by atoms with Gasteiger partial charge < -0.3 is 0 Å². The third-order valence-electron chi connectivity index (χ3n) is 3.63. The molecule has 0 saturated heterocycles.